The third kappa shape index (κ3) is 2.05. The van der Waals surface area contributed by atoms with E-state index in [1.165, 1.54) is 22.0 Å². The van der Waals surface area contributed by atoms with Crippen molar-refractivity contribution in [1.82, 2.24) is 9.97 Å². The Labute approximate surface area is 106 Å². The minimum absolute atomic E-state index is 1.11. The zero-order chi connectivity index (χ0) is 12.4. The molecule has 0 fully saturated rings. The molecule has 2 heteroatoms. The minimum atomic E-state index is 1.11. The number of nitrogens with one attached hydrogen (secondary N) is 1. The lowest BCUT2D eigenvalue weighted by Crippen LogP contribution is -1.74. The molecule has 2 nitrogen and oxygen atoms in total. The van der Waals surface area contributed by atoms with Gasteiger partial charge in [-0.15, -0.1) is 0 Å². The van der Waals surface area contributed by atoms with Crippen molar-refractivity contribution >= 4 is 23.1 Å². The standard InChI is InChI=1S/C16H14N2/c1-12-4-7-15-14(11-18-16(15)9-12)6-5-13-3-2-8-17-10-13/h2-11,18H,1H3/b6-5+. The lowest BCUT2D eigenvalue weighted by molar-refractivity contribution is 1.32. The van der Waals surface area contributed by atoms with Gasteiger partial charge in [0.1, 0.15) is 0 Å². The maximum Gasteiger partial charge on any atom is 0.0462 e. The molecular formula is C16H14N2. The molecule has 0 spiro atoms. The summed E-state index contributed by atoms with van der Waals surface area (Å²) in [7, 11) is 0. The number of aromatic nitrogens is 2. The van der Waals surface area contributed by atoms with Crippen LogP contribution in [0.2, 0.25) is 0 Å². The molecule has 0 saturated carbocycles. The van der Waals surface area contributed by atoms with Crippen molar-refractivity contribution in [2.75, 3.05) is 0 Å². The third-order valence-corrected chi connectivity index (χ3v) is 3.01. The van der Waals surface area contributed by atoms with Gasteiger partial charge in [0.25, 0.3) is 0 Å². The molecule has 0 atom stereocenters. The van der Waals surface area contributed by atoms with Crippen LogP contribution >= 0.6 is 0 Å². The van der Waals surface area contributed by atoms with E-state index >= 15 is 0 Å². The van der Waals surface area contributed by atoms with E-state index in [-0.39, 0.29) is 0 Å². The van der Waals surface area contributed by atoms with E-state index in [0.717, 1.165) is 5.56 Å². The molecule has 1 aromatic carbocycles. The van der Waals surface area contributed by atoms with Crippen molar-refractivity contribution in [2.45, 2.75) is 6.92 Å². The Bertz CT molecular complexity index is 693. The molecule has 0 saturated heterocycles. The average Bonchev–Trinajstić information content (AvgIpc) is 2.80. The molecule has 1 N–H and O–H groups in total. The number of hydrogen-bond donors (Lipinski definition) is 1. The summed E-state index contributed by atoms with van der Waals surface area (Å²) in [5.74, 6) is 0. The minimum Gasteiger partial charge on any atom is -0.361 e. The Hall–Kier alpha value is -2.35. The topological polar surface area (TPSA) is 28.7 Å². The molecule has 0 aliphatic rings. The van der Waals surface area contributed by atoms with E-state index in [1.807, 2.05) is 24.5 Å². The molecule has 2 heterocycles. The van der Waals surface area contributed by atoms with Gasteiger partial charge in [-0.05, 0) is 35.7 Å². The quantitative estimate of drug-likeness (QED) is 0.712. The monoisotopic (exact) mass is 234 g/mol. The maximum absolute atomic E-state index is 4.10. The average molecular weight is 234 g/mol. The van der Waals surface area contributed by atoms with E-state index in [9.17, 15) is 0 Å². The third-order valence-electron chi connectivity index (χ3n) is 3.01. The van der Waals surface area contributed by atoms with Gasteiger partial charge in [-0.1, -0.05) is 30.4 Å². The molecule has 88 valence electrons. The molecule has 3 aromatic rings. The van der Waals surface area contributed by atoms with Gasteiger partial charge in [-0.25, -0.2) is 0 Å². The van der Waals surface area contributed by atoms with Crippen molar-refractivity contribution in [3.8, 4) is 0 Å². The van der Waals surface area contributed by atoms with Crippen LogP contribution in [0, 0.1) is 6.92 Å². The van der Waals surface area contributed by atoms with Crippen LogP contribution in [0.15, 0.2) is 48.9 Å². The van der Waals surface area contributed by atoms with Crippen LogP contribution in [0.1, 0.15) is 16.7 Å². The lowest BCUT2D eigenvalue weighted by Gasteiger charge is -1.94. The molecule has 18 heavy (non-hydrogen) atoms. The predicted octanol–water partition coefficient (Wildman–Crippen LogP) is 4.04. The summed E-state index contributed by atoms with van der Waals surface area (Å²) in [5, 5.41) is 1.25. The molecule has 3 rings (SSSR count). The second kappa shape index (κ2) is 4.49. The van der Waals surface area contributed by atoms with Crippen molar-refractivity contribution < 1.29 is 0 Å². The van der Waals surface area contributed by atoms with Gasteiger partial charge in [0.15, 0.2) is 0 Å². The molecule has 0 unspecified atom stereocenters. The van der Waals surface area contributed by atoms with Crippen LogP contribution in [0.5, 0.6) is 0 Å². The first-order chi connectivity index (χ1) is 8.83. The van der Waals surface area contributed by atoms with Gasteiger partial charge in [0, 0.05) is 29.5 Å². The van der Waals surface area contributed by atoms with Crippen LogP contribution in [-0.2, 0) is 0 Å². The van der Waals surface area contributed by atoms with Crippen molar-refractivity contribution in [1.29, 1.82) is 0 Å². The Kier molecular flexibility index (Phi) is 2.69. The normalized spacial score (nSPS) is 11.4. The van der Waals surface area contributed by atoms with E-state index < -0.39 is 0 Å². The molecular weight excluding hydrogens is 220 g/mol. The Morgan fingerprint density at radius 1 is 1.17 bits per heavy atom. The number of H-pyrrole nitrogens is 1. The predicted molar refractivity (Wildman–Crippen MR) is 76.2 cm³/mol. The largest absolute Gasteiger partial charge is 0.361 e. The number of aromatic amines is 1. The zero-order valence-corrected chi connectivity index (χ0v) is 10.2. The SMILES string of the molecule is Cc1ccc2c(/C=C/c3cccnc3)c[nH]c2c1. The first kappa shape index (κ1) is 10.8. The fourth-order valence-corrected chi connectivity index (χ4v) is 2.06. The number of fused-ring (bicyclic) bond motifs is 1. The summed E-state index contributed by atoms with van der Waals surface area (Å²) >= 11 is 0. The van der Waals surface area contributed by atoms with Crippen LogP contribution in [-0.4, -0.2) is 9.97 Å². The summed E-state index contributed by atoms with van der Waals surface area (Å²) in [5.41, 5.74) is 4.76. The number of nitrogens with zero attached hydrogens (tertiary/aromatic N) is 1. The van der Waals surface area contributed by atoms with Gasteiger partial charge in [0.2, 0.25) is 0 Å². The van der Waals surface area contributed by atoms with E-state index in [4.69, 9.17) is 0 Å². The van der Waals surface area contributed by atoms with E-state index in [2.05, 4.69) is 47.2 Å². The smallest absolute Gasteiger partial charge is 0.0462 e. The fraction of sp³-hybridized carbons (Fsp3) is 0.0625. The van der Waals surface area contributed by atoms with Gasteiger partial charge < -0.3 is 4.98 Å². The summed E-state index contributed by atoms with van der Waals surface area (Å²) in [6.45, 7) is 2.10. The molecule has 2 aromatic heterocycles. The Morgan fingerprint density at radius 2 is 2.11 bits per heavy atom. The zero-order valence-electron chi connectivity index (χ0n) is 10.2. The summed E-state index contributed by atoms with van der Waals surface area (Å²) in [6, 6.07) is 10.4. The number of hydrogen-bond acceptors (Lipinski definition) is 1. The van der Waals surface area contributed by atoms with E-state index in [1.54, 1.807) is 6.20 Å². The second-order valence-corrected chi connectivity index (χ2v) is 4.41. The van der Waals surface area contributed by atoms with Gasteiger partial charge in [-0.3, -0.25) is 4.98 Å². The van der Waals surface area contributed by atoms with Crippen LogP contribution in [0.3, 0.4) is 0 Å². The highest BCUT2D eigenvalue weighted by Gasteiger charge is 2.00. The Balaban J connectivity index is 1.98. The first-order valence-corrected chi connectivity index (χ1v) is 5.99. The summed E-state index contributed by atoms with van der Waals surface area (Å²) < 4.78 is 0. The lowest BCUT2D eigenvalue weighted by atomic mass is 10.1. The van der Waals surface area contributed by atoms with Crippen molar-refractivity contribution in [2.24, 2.45) is 0 Å². The highest BCUT2D eigenvalue weighted by atomic mass is 14.7. The highest BCUT2D eigenvalue weighted by Crippen LogP contribution is 2.21. The number of aryl methyl sites for hydroxylation is 1. The van der Waals surface area contributed by atoms with Crippen LogP contribution in [0.4, 0.5) is 0 Å². The molecule has 0 bridgehead atoms. The highest BCUT2D eigenvalue weighted by molar-refractivity contribution is 5.91. The molecule has 0 aliphatic carbocycles. The van der Waals surface area contributed by atoms with Crippen LogP contribution < -0.4 is 0 Å². The second-order valence-electron chi connectivity index (χ2n) is 4.41. The maximum atomic E-state index is 4.10. The molecule has 0 radical (unpaired) electrons. The number of benzene rings is 1. The van der Waals surface area contributed by atoms with E-state index in [0.29, 0.717) is 0 Å². The van der Waals surface area contributed by atoms with Crippen molar-refractivity contribution in [3.05, 3.63) is 65.6 Å². The van der Waals surface area contributed by atoms with Gasteiger partial charge in [0.05, 0.1) is 0 Å². The fourth-order valence-electron chi connectivity index (χ4n) is 2.06. The molecule has 0 amide bonds. The van der Waals surface area contributed by atoms with Gasteiger partial charge in [-0.2, -0.15) is 0 Å². The van der Waals surface area contributed by atoms with Crippen LogP contribution in [0.25, 0.3) is 23.1 Å². The summed E-state index contributed by atoms with van der Waals surface area (Å²) in [4.78, 5) is 7.40. The Morgan fingerprint density at radius 3 is 2.94 bits per heavy atom. The molecule has 0 aliphatic heterocycles. The first-order valence-electron chi connectivity index (χ1n) is 5.99. The number of pyridine rings is 1. The summed E-state index contributed by atoms with van der Waals surface area (Å²) in [6.07, 6.45) is 9.87. The van der Waals surface area contributed by atoms with Crippen molar-refractivity contribution in [3.63, 3.8) is 0 Å². The number of rotatable bonds is 2. The van der Waals surface area contributed by atoms with Gasteiger partial charge >= 0.3 is 0 Å².